The van der Waals surface area contributed by atoms with Gasteiger partial charge in [0.25, 0.3) is 0 Å². The third-order valence-corrected chi connectivity index (χ3v) is 6.03. The van der Waals surface area contributed by atoms with Crippen LogP contribution < -0.4 is 0 Å². The molecule has 1 saturated heterocycles. The van der Waals surface area contributed by atoms with Crippen LogP contribution in [0.4, 0.5) is 0 Å². The molecule has 2 aliphatic rings. The van der Waals surface area contributed by atoms with E-state index in [1.54, 1.807) is 19.5 Å². The fourth-order valence-corrected chi connectivity index (χ4v) is 4.23. The van der Waals surface area contributed by atoms with E-state index in [9.17, 15) is 9.90 Å². The number of aromatic nitrogens is 3. The van der Waals surface area contributed by atoms with E-state index in [2.05, 4.69) is 15.1 Å². The predicted octanol–water partition coefficient (Wildman–Crippen LogP) is 1.45. The molecular weight excluding hydrogens is 348 g/mol. The molecule has 8 nitrogen and oxygen atoms in total. The Balaban J connectivity index is 1.29. The van der Waals surface area contributed by atoms with Crippen LogP contribution in [0.15, 0.2) is 29.0 Å². The van der Waals surface area contributed by atoms with E-state index in [-0.39, 0.29) is 23.5 Å². The van der Waals surface area contributed by atoms with Gasteiger partial charge in [-0.3, -0.25) is 9.78 Å². The molecule has 8 heteroatoms. The van der Waals surface area contributed by atoms with Gasteiger partial charge in [-0.2, -0.15) is 4.98 Å². The molecule has 0 unspecified atom stereocenters. The van der Waals surface area contributed by atoms with Gasteiger partial charge in [-0.15, -0.1) is 0 Å². The van der Waals surface area contributed by atoms with Crippen LogP contribution in [0.25, 0.3) is 11.4 Å². The summed E-state index contributed by atoms with van der Waals surface area (Å²) in [4.78, 5) is 22.7. The molecule has 144 valence electrons. The number of rotatable bonds is 5. The van der Waals surface area contributed by atoms with Gasteiger partial charge in [0.2, 0.25) is 17.6 Å². The van der Waals surface area contributed by atoms with Gasteiger partial charge in [0.1, 0.15) is 0 Å². The molecule has 1 aliphatic heterocycles. The molecule has 27 heavy (non-hydrogen) atoms. The Morgan fingerprint density at radius 2 is 2.11 bits per heavy atom. The summed E-state index contributed by atoms with van der Waals surface area (Å²) in [5, 5.41) is 14.1. The molecule has 0 bridgehead atoms. The van der Waals surface area contributed by atoms with E-state index in [1.807, 2.05) is 17.0 Å². The van der Waals surface area contributed by atoms with Crippen molar-refractivity contribution in [3.8, 4) is 11.4 Å². The second-order valence-corrected chi connectivity index (χ2v) is 7.34. The summed E-state index contributed by atoms with van der Waals surface area (Å²) in [5.41, 5.74) is 0.664. The normalized spacial score (nSPS) is 24.0. The van der Waals surface area contributed by atoms with Crippen molar-refractivity contribution < 1.29 is 19.2 Å². The number of carbonyl (C=O) groups excluding carboxylic acids is 1. The summed E-state index contributed by atoms with van der Waals surface area (Å²) in [7, 11) is 1.69. The predicted molar refractivity (Wildman–Crippen MR) is 95.5 cm³/mol. The first-order valence-electron chi connectivity index (χ1n) is 9.34. The van der Waals surface area contributed by atoms with E-state index >= 15 is 0 Å². The van der Waals surface area contributed by atoms with Crippen LogP contribution in [0.5, 0.6) is 0 Å². The number of methoxy groups -OCH3 is 1. The number of amides is 1. The van der Waals surface area contributed by atoms with E-state index in [0.29, 0.717) is 44.1 Å². The lowest BCUT2D eigenvalue weighted by molar-refractivity contribution is -0.202. The number of hydrogen-bond donors (Lipinski definition) is 1. The van der Waals surface area contributed by atoms with Gasteiger partial charge in [-0.1, -0.05) is 5.16 Å². The topological polar surface area (TPSA) is 102 Å². The first-order chi connectivity index (χ1) is 13.1. The molecule has 2 aromatic heterocycles. The fourth-order valence-electron chi connectivity index (χ4n) is 4.23. The molecule has 3 heterocycles. The zero-order valence-electron chi connectivity index (χ0n) is 15.4. The number of ether oxygens (including phenoxy) is 1. The lowest BCUT2D eigenvalue weighted by Gasteiger charge is -2.56. The summed E-state index contributed by atoms with van der Waals surface area (Å²) in [6, 6.07) is 3.62. The number of pyridine rings is 1. The number of aryl methyl sites for hydroxylation is 1. The third-order valence-electron chi connectivity index (χ3n) is 6.03. The standard InChI is InChI=1S/C19H24N4O4/c1-26-15-12-14(24)19(15)6-10-23(11-7-19)17(25)3-2-16-21-18(22-27-16)13-4-8-20-9-5-13/h4-5,8-9,14-15,24H,2-3,6-7,10-12H2,1H3/t14-,15+/m0/s1. The molecular formula is C19H24N4O4. The number of nitrogens with zero attached hydrogens (tertiary/aromatic N) is 4. The average molecular weight is 372 g/mol. The maximum absolute atomic E-state index is 12.5. The van der Waals surface area contributed by atoms with Gasteiger partial charge in [0.05, 0.1) is 12.2 Å². The number of aliphatic hydroxyl groups is 1. The molecule has 1 N–H and O–H groups in total. The Morgan fingerprint density at radius 3 is 2.78 bits per heavy atom. The second kappa shape index (κ2) is 7.36. The largest absolute Gasteiger partial charge is 0.392 e. The van der Waals surface area contributed by atoms with Gasteiger partial charge in [-0.25, -0.2) is 0 Å². The SMILES string of the molecule is CO[C@@H]1C[C@H](O)C12CCN(C(=O)CCc1nc(-c3ccncc3)no1)CC2. The van der Waals surface area contributed by atoms with E-state index in [4.69, 9.17) is 9.26 Å². The first-order valence-corrected chi connectivity index (χ1v) is 9.34. The number of piperidine rings is 1. The van der Waals surface area contributed by atoms with Crippen molar-refractivity contribution in [3.63, 3.8) is 0 Å². The summed E-state index contributed by atoms with van der Waals surface area (Å²) in [6.45, 7) is 1.31. The first kappa shape index (κ1) is 18.1. The maximum Gasteiger partial charge on any atom is 0.227 e. The van der Waals surface area contributed by atoms with Gasteiger partial charge >= 0.3 is 0 Å². The van der Waals surface area contributed by atoms with Crippen LogP contribution in [-0.2, 0) is 16.0 Å². The highest BCUT2D eigenvalue weighted by molar-refractivity contribution is 5.76. The van der Waals surface area contributed by atoms with E-state index < -0.39 is 0 Å². The molecule has 1 aliphatic carbocycles. The Kier molecular flexibility index (Phi) is 4.92. The second-order valence-electron chi connectivity index (χ2n) is 7.34. The summed E-state index contributed by atoms with van der Waals surface area (Å²) in [5.74, 6) is 1.04. The van der Waals surface area contributed by atoms with Crippen LogP contribution in [0.1, 0.15) is 31.6 Å². The molecule has 4 rings (SSSR count). The Hall–Kier alpha value is -2.32. The summed E-state index contributed by atoms with van der Waals surface area (Å²) in [6.07, 6.45) is 6.15. The fraction of sp³-hybridized carbons (Fsp3) is 0.579. The van der Waals surface area contributed by atoms with Gasteiger partial charge in [-0.05, 0) is 25.0 Å². The van der Waals surface area contributed by atoms with Crippen molar-refractivity contribution in [1.29, 1.82) is 0 Å². The number of aliphatic hydroxyl groups excluding tert-OH is 1. The summed E-state index contributed by atoms with van der Waals surface area (Å²) < 4.78 is 10.8. The molecule has 1 spiro atoms. The minimum atomic E-state index is -0.315. The molecule has 2 aromatic rings. The molecule has 0 aromatic carbocycles. The Labute approximate surface area is 157 Å². The Morgan fingerprint density at radius 1 is 1.37 bits per heavy atom. The monoisotopic (exact) mass is 372 g/mol. The van der Waals surface area contributed by atoms with Crippen molar-refractivity contribution in [2.24, 2.45) is 5.41 Å². The van der Waals surface area contributed by atoms with Crippen molar-refractivity contribution in [2.75, 3.05) is 20.2 Å². The average Bonchev–Trinajstić information content (AvgIpc) is 3.20. The van der Waals surface area contributed by atoms with Crippen LogP contribution in [0.3, 0.4) is 0 Å². The van der Waals surface area contributed by atoms with E-state index in [1.165, 1.54) is 0 Å². The van der Waals surface area contributed by atoms with Crippen LogP contribution in [0.2, 0.25) is 0 Å². The molecule has 2 fully saturated rings. The highest BCUT2D eigenvalue weighted by Crippen LogP contribution is 2.50. The molecule has 2 atom stereocenters. The quantitative estimate of drug-likeness (QED) is 0.847. The van der Waals surface area contributed by atoms with Crippen molar-refractivity contribution in [1.82, 2.24) is 20.0 Å². The highest BCUT2D eigenvalue weighted by atomic mass is 16.5. The number of hydrogen-bond acceptors (Lipinski definition) is 7. The number of likely N-dealkylation sites (tertiary alicyclic amines) is 1. The van der Waals surface area contributed by atoms with Crippen molar-refractivity contribution >= 4 is 5.91 Å². The minimum Gasteiger partial charge on any atom is -0.392 e. The zero-order chi connectivity index (χ0) is 18.9. The van der Waals surface area contributed by atoms with Crippen LogP contribution in [-0.4, -0.2) is 63.4 Å². The summed E-state index contributed by atoms with van der Waals surface area (Å²) >= 11 is 0. The van der Waals surface area contributed by atoms with Crippen molar-refractivity contribution in [3.05, 3.63) is 30.4 Å². The molecule has 1 amide bonds. The zero-order valence-corrected chi connectivity index (χ0v) is 15.4. The number of carbonyl (C=O) groups is 1. The van der Waals surface area contributed by atoms with Gasteiger partial charge in [0, 0.05) is 62.8 Å². The van der Waals surface area contributed by atoms with Crippen molar-refractivity contribution in [2.45, 2.75) is 44.3 Å². The van der Waals surface area contributed by atoms with Crippen LogP contribution >= 0.6 is 0 Å². The molecule has 0 radical (unpaired) electrons. The molecule has 1 saturated carbocycles. The smallest absolute Gasteiger partial charge is 0.227 e. The lowest BCUT2D eigenvalue weighted by atomic mass is 9.58. The van der Waals surface area contributed by atoms with Gasteiger partial charge < -0.3 is 19.3 Å². The lowest BCUT2D eigenvalue weighted by Crippen LogP contribution is -2.62. The third kappa shape index (κ3) is 3.35. The van der Waals surface area contributed by atoms with Gasteiger partial charge in [0.15, 0.2) is 0 Å². The van der Waals surface area contributed by atoms with E-state index in [0.717, 1.165) is 18.4 Å². The Bertz CT molecular complexity index is 786. The highest BCUT2D eigenvalue weighted by Gasteiger charge is 2.56. The minimum absolute atomic E-state index is 0.0799. The maximum atomic E-state index is 12.5. The van der Waals surface area contributed by atoms with Crippen LogP contribution in [0, 0.1) is 5.41 Å².